The fraction of sp³-hybridized carbons (Fsp3) is 0.364. The molecule has 1 aromatic carbocycles. The SMILES string of the molecule is Nc1ccc(C(=O)N2CCSCC2)cc1. The minimum absolute atomic E-state index is 0.121. The van der Waals surface area contributed by atoms with Gasteiger partial charge in [-0.25, -0.2) is 0 Å². The predicted molar refractivity (Wildman–Crippen MR) is 64.1 cm³/mol. The van der Waals surface area contributed by atoms with Crippen LogP contribution in [-0.2, 0) is 0 Å². The van der Waals surface area contributed by atoms with Gasteiger partial charge in [0, 0.05) is 35.8 Å². The number of rotatable bonds is 1. The molecule has 3 nitrogen and oxygen atoms in total. The molecule has 1 amide bonds. The topological polar surface area (TPSA) is 46.3 Å². The summed E-state index contributed by atoms with van der Waals surface area (Å²) < 4.78 is 0. The Morgan fingerprint density at radius 2 is 1.80 bits per heavy atom. The maximum Gasteiger partial charge on any atom is 0.253 e. The van der Waals surface area contributed by atoms with E-state index in [0.29, 0.717) is 5.69 Å². The van der Waals surface area contributed by atoms with Crippen LogP contribution in [-0.4, -0.2) is 35.4 Å². The first-order valence-corrected chi connectivity index (χ1v) is 6.15. The first-order chi connectivity index (χ1) is 7.27. The quantitative estimate of drug-likeness (QED) is 0.732. The van der Waals surface area contributed by atoms with Crippen molar-refractivity contribution < 1.29 is 4.79 Å². The molecule has 2 rings (SSSR count). The number of amides is 1. The fourth-order valence-corrected chi connectivity index (χ4v) is 2.48. The van der Waals surface area contributed by atoms with Crippen LogP contribution in [0.1, 0.15) is 10.4 Å². The van der Waals surface area contributed by atoms with Crippen LogP contribution in [0, 0.1) is 0 Å². The van der Waals surface area contributed by atoms with Gasteiger partial charge < -0.3 is 10.6 Å². The van der Waals surface area contributed by atoms with E-state index in [9.17, 15) is 4.79 Å². The van der Waals surface area contributed by atoms with Crippen molar-refractivity contribution in [2.24, 2.45) is 0 Å². The zero-order valence-electron chi connectivity index (χ0n) is 8.48. The second-order valence-electron chi connectivity index (χ2n) is 3.53. The lowest BCUT2D eigenvalue weighted by atomic mass is 10.2. The van der Waals surface area contributed by atoms with Crippen LogP contribution in [0.4, 0.5) is 5.69 Å². The zero-order valence-corrected chi connectivity index (χ0v) is 9.30. The molecule has 80 valence electrons. The summed E-state index contributed by atoms with van der Waals surface area (Å²) in [6.45, 7) is 1.71. The van der Waals surface area contributed by atoms with Crippen LogP contribution in [0.5, 0.6) is 0 Å². The van der Waals surface area contributed by atoms with Crippen LogP contribution in [0.15, 0.2) is 24.3 Å². The fourth-order valence-electron chi connectivity index (χ4n) is 1.57. The summed E-state index contributed by atoms with van der Waals surface area (Å²) in [7, 11) is 0. The highest BCUT2D eigenvalue weighted by Gasteiger charge is 2.17. The van der Waals surface area contributed by atoms with E-state index in [4.69, 9.17) is 5.73 Å². The molecule has 1 aromatic rings. The molecule has 0 aromatic heterocycles. The van der Waals surface area contributed by atoms with Crippen LogP contribution < -0.4 is 5.73 Å². The van der Waals surface area contributed by atoms with E-state index >= 15 is 0 Å². The minimum atomic E-state index is 0.121. The molecule has 1 heterocycles. The minimum Gasteiger partial charge on any atom is -0.399 e. The van der Waals surface area contributed by atoms with Gasteiger partial charge in [0.05, 0.1) is 0 Å². The zero-order chi connectivity index (χ0) is 10.7. The Labute approximate surface area is 93.6 Å². The molecule has 1 saturated heterocycles. The molecule has 0 aliphatic carbocycles. The number of nitrogen functional groups attached to an aromatic ring is 1. The maximum absolute atomic E-state index is 12.0. The molecule has 0 spiro atoms. The summed E-state index contributed by atoms with van der Waals surface area (Å²) in [6, 6.07) is 7.12. The maximum atomic E-state index is 12.0. The molecule has 4 heteroatoms. The number of hydrogen-bond acceptors (Lipinski definition) is 3. The Kier molecular flexibility index (Phi) is 3.16. The number of hydrogen-bond donors (Lipinski definition) is 1. The molecule has 15 heavy (non-hydrogen) atoms. The Balaban J connectivity index is 2.09. The lowest BCUT2D eigenvalue weighted by molar-refractivity contribution is 0.0772. The van der Waals surface area contributed by atoms with Gasteiger partial charge in [0.1, 0.15) is 0 Å². The van der Waals surface area contributed by atoms with E-state index in [1.54, 1.807) is 24.3 Å². The van der Waals surface area contributed by atoms with Crippen LogP contribution in [0.2, 0.25) is 0 Å². The molecular weight excluding hydrogens is 208 g/mol. The summed E-state index contributed by atoms with van der Waals surface area (Å²) in [4.78, 5) is 13.9. The number of thioether (sulfide) groups is 1. The van der Waals surface area contributed by atoms with E-state index in [1.165, 1.54) is 0 Å². The molecule has 1 aliphatic heterocycles. The molecule has 0 bridgehead atoms. The van der Waals surface area contributed by atoms with Crippen LogP contribution in [0.25, 0.3) is 0 Å². The lowest BCUT2D eigenvalue weighted by Gasteiger charge is -2.26. The summed E-state index contributed by atoms with van der Waals surface area (Å²) >= 11 is 1.90. The van der Waals surface area contributed by atoms with Crippen molar-refractivity contribution in [2.45, 2.75) is 0 Å². The van der Waals surface area contributed by atoms with Crippen molar-refractivity contribution in [3.8, 4) is 0 Å². The van der Waals surface area contributed by atoms with Crippen LogP contribution in [0.3, 0.4) is 0 Å². The average Bonchev–Trinajstić information content (AvgIpc) is 2.30. The molecule has 0 radical (unpaired) electrons. The third-order valence-electron chi connectivity index (χ3n) is 2.46. The highest BCUT2D eigenvalue weighted by atomic mass is 32.2. The predicted octanol–water partition coefficient (Wildman–Crippen LogP) is 1.46. The summed E-state index contributed by atoms with van der Waals surface area (Å²) in [6.07, 6.45) is 0. The van der Waals surface area contributed by atoms with Crippen LogP contribution >= 0.6 is 11.8 Å². The number of nitrogens with two attached hydrogens (primary N) is 1. The number of carbonyl (C=O) groups excluding carboxylic acids is 1. The number of anilines is 1. The Bertz CT molecular complexity index is 344. The van der Waals surface area contributed by atoms with E-state index in [2.05, 4.69) is 0 Å². The Morgan fingerprint density at radius 1 is 1.20 bits per heavy atom. The first kappa shape index (κ1) is 10.4. The van der Waals surface area contributed by atoms with E-state index < -0.39 is 0 Å². The average molecular weight is 222 g/mol. The molecule has 0 saturated carbocycles. The van der Waals surface area contributed by atoms with Gasteiger partial charge in [-0.2, -0.15) is 11.8 Å². The van der Waals surface area contributed by atoms with Gasteiger partial charge in [0.15, 0.2) is 0 Å². The normalized spacial score (nSPS) is 16.4. The highest BCUT2D eigenvalue weighted by molar-refractivity contribution is 7.99. The van der Waals surface area contributed by atoms with Crippen molar-refractivity contribution in [2.75, 3.05) is 30.3 Å². The summed E-state index contributed by atoms with van der Waals surface area (Å²) in [5.74, 6) is 2.21. The molecule has 1 aliphatic rings. The summed E-state index contributed by atoms with van der Waals surface area (Å²) in [5, 5.41) is 0. The second-order valence-corrected chi connectivity index (χ2v) is 4.75. The molecule has 2 N–H and O–H groups in total. The Morgan fingerprint density at radius 3 is 2.40 bits per heavy atom. The van der Waals surface area contributed by atoms with Gasteiger partial charge in [-0.1, -0.05) is 0 Å². The standard InChI is InChI=1S/C11H14N2OS/c12-10-3-1-9(2-4-10)11(14)13-5-7-15-8-6-13/h1-4H,5-8,12H2. The number of benzene rings is 1. The molecule has 0 atom stereocenters. The largest absolute Gasteiger partial charge is 0.399 e. The molecular formula is C11H14N2OS. The van der Waals surface area contributed by atoms with E-state index in [0.717, 1.165) is 30.2 Å². The van der Waals surface area contributed by atoms with Gasteiger partial charge in [-0.15, -0.1) is 0 Å². The van der Waals surface area contributed by atoms with Crippen molar-refractivity contribution in [3.05, 3.63) is 29.8 Å². The smallest absolute Gasteiger partial charge is 0.253 e. The van der Waals surface area contributed by atoms with Crippen molar-refractivity contribution in [1.82, 2.24) is 4.90 Å². The van der Waals surface area contributed by atoms with Gasteiger partial charge in [0.25, 0.3) is 5.91 Å². The highest BCUT2D eigenvalue weighted by Crippen LogP contribution is 2.14. The molecule has 1 fully saturated rings. The van der Waals surface area contributed by atoms with Crippen molar-refractivity contribution in [3.63, 3.8) is 0 Å². The van der Waals surface area contributed by atoms with Gasteiger partial charge in [-0.05, 0) is 24.3 Å². The first-order valence-electron chi connectivity index (χ1n) is 5.00. The number of carbonyl (C=O) groups is 1. The third-order valence-corrected chi connectivity index (χ3v) is 3.40. The second kappa shape index (κ2) is 4.57. The van der Waals surface area contributed by atoms with Crippen molar-refractivity contribution >= 4 is 23.4 Å². The van der Waals surface area contributed by atoms with E-state index in [1.807, 2.05) is 16.7 Å². The van der Waals surface area contributed by atoms with Gasteiger partial charge >= 0.3 is 0 Å². The van der Waals surface area contributed by atoms with E-state index in [-0.39, 0.29) is 5.91 Å². The monoisotopic (exact) mass is 222 g/mol. The Hall–Kier alpha value is -1.16. The molecule has 0 unspecified atom stereocenters. The lowest BCUT2D eigenvalue weighted by Crippen LogP contribution is -2.37. The third kappa shape index (κ3) is 2.45. The van der Waals surface area contributed by atoms with Gasteiger partial charge in [-0.3, -0.25) is 4.79 Å². The number of nitrogens with zero attached hydrogens (tertiary/aromatic N) is 1. The van der Waals surface area contributed by atoms with Crippen molar-refractivity contribution in [1.29, 1.82) is 0 Å². The van der Waals surface area contributed by atoms with Gasteiger partial charge in [0.2, 0.25) is 0 Å². The summed E-state index contributed by atoms with van der Waals surface area (Å²) in [5.41, 5.74) is 7.00.